The van der Waals surface area contributed by atoms with Crippen LogP contribution in [0.3, 0.4) is 0 Å². The highest BCUT2D eigenvalue weighted by Gasteiger charge is 2.22. The second-order valence-electron chi connectivity index (χ2n) is 4.54. The van der Waals surface area contributed by atoms with Crippen molar-refractivity contribution in [3.05, 3.63) is 35.3 Å². The number of rotatable bonds is 3. The van der Waals surface area contributed by atoms with Crippen LogP contribution < -0.4 is 10.5 Å². The van der Waals surface area contributed by atoms with Crippen LogP contribution in [-0.2, 0) is 17.1 Å². The predicted molar refractivity (Wildman–Crippen MR) is 74.3 cm³/mol. The molecule has 0 atom stereocenters. The van der Waals surface area contributed by atoms with Crippen molar-refractivity contribution in [3.8, 4) is 0 Å². The first-order chi connectivity index (χ1) is 9.20. The van der Waals surface area contributed by atoms with Crippen LogP contribution in [-0.4, -0.2) is 18.2 Å². The van der Waals surface area contributed by atoms with Crippen molar-refractivity contribution in [2.45, 2.75) is 18.7 Å². The van der Waals surface area contributed by atoms with E-state index in [0.717, 1.165) is 12.1 Å². The Labute approximate surface area is 116 Å². The second kappa shape index (κ2) is 4.78. The van der Waals surface area contributed by atoms with Gasteiger partial charge in [0.1, 0.15) is 16.5 Å². The number of benzene rings is 1. The highest BCUT2D eigenvalue weighted by Crippen LogP contribution is 2.23. The first-order valence-corrected chi connectivity index (χ1v) is 7.28. The van der Waals surface area contributed by atoms with E-state index < -0.39 is 20.7 Å². The standard InChI is InChI=1S/C12H15FN4O2S/c1-7-4-9(13)11(6-10(7)14)20(18,19)16-12-5-8(2)15-17(12)3/h4-6,16H,14H2,1-3H3. The van der Waals surface area contributed by atoms with Crippen molar-refractivity contribution in [1.29, 1.82) is 0 Å². The van der Waals surface area contributed by atoms with Crippen molar-refractivity contribution in [2.24, 2.45) is 7.05 Å². The molecule has 0 saturated carbocycles. The summed E-state index contributed by atoms with van der Waals surface area (Å²) < 4.78 is 41.9. The Balaban J connectivity index is 2.46. The first kappa shape index (κ1) is 14.3. The molecule has 1 aromatic carbocycles. The molecule has 0 unspecified atom stereocenters. The Kier molecular flexibility index (Phi) is 3.43. The van der Waals surface area contributed by atoms with Gasteiger partial charge in [0.25, 0.3) is 10.0 Å². The van der Waals surface area contributed by atoms with Gasteiger partial charge < -0.3 is 5.73 Å². The van der Waals surface area contributed by atoms with E-state index in [1.54, 1.807) is 27.0 Å². The molecule has 3 N–H and O–H groups in total. The summed E-state index contributed by atoms with van der Waals surface area (Å²) in [5, 5.41) is 4.01. The minimum absolute atomic E-state index is 0.216. The van der Waals surface area contributed by atoms with Crippen LogP contribution in [0.1, 0.15) is 11.3 Å². The lowest BCUT2D eigenvalue weighted by molar-refractivity contribution is 0.569. The van der Waals surface area contributed by atoms with Gasteiger partial charge in [0.2, 0.25) is 0 Å². The van der Waals surface area contributed by atoms with E-state index in [1.807, 2.05) is 0 Å². The van der Waals surface area contributed by atoms with E-state index in [-0.39, 0.29) is 11.5 Å². The second-order valence-corrected chi connectivity index (χ2v) is 6.19. The zero-order chi connectivity index (χ0) is 15.1. The number of nitrogens with two attached hydrogens (primary N) is 1. The molecule has 2 rings (SSSR count). The van der Waals surface area contributed by atoms with Gasteiger partial charge in [0, 0.05) is 18.8 Å². The maximum Gasteiger partial charge on any atom is 0.266 e. The van der Waals surface area contributed by atoms with Gasteiger partial charge in [-0.15, -0.1) is 0 Å². The number of anilines is 2. The van der Waals surface area contributed by atoms with Gasteiger partial charge >= 0.3 is 0 Å². The minimum Gasteiger partial charge on any atom is -0.398 e. The van der Waals surface area contributed by atoms with Gasteiger partial charge in [-0.25, -0.2) is 12.8 Å². The quantitative estimate of drug-likeness (QED) is 0.841. The molecule has 0 fully saturated rings. The minimum atomic E-state index is -4.06. The first-order valence-electron chi connectivity index (χ1n) is 5.80. The lowest BCUT2D eigenvalue weighted by Crippen LogP contribution is -2.17. The Morgan fingerprint density at radius 1 is 1.30 bits per heavy atom. The van der Waals surface area contributed by atoms with Gasteiger partial charge in [0.05, 0.1) is 5.69 Å². The molecule has 108 valence electrons. The number of hydrogen-bond acceptors (Lipinski definition) is 4. The van der Waals surface area contributed by atoms with Gasteiger partial charge in [-0.3, -0.25) is 9.40 Å². The number of aromatic nitrogens is 2. The highest BCUT2D eigenvalue weighted by molar-refractivity contribution is 7.92. The average molecular weight is 298 g/mol. The topological polar surface area (TPSA) is 90.0 Å². The van der Waals surface area contributed by atoms with Gasteiger partial charge in [0.15, 0.2) is 0 Å². The number of sulfonamides is 1. The maximum atomic E-state index is 13.8. The van der Waals surface area contributed by atoms with Crippen LogP contribution in [0.4, 0.5) is 15.9 Å². The predicted octanol–water partition coefficient (Wildman–Crippen LogP) is 1.56. The van der Waals surface area contributed by atoms with E-state index >= 15 is 0 Å². The van der Waals surface area contributed by atoms with Crippen LogP contribution in [0.25, 0.3) is 0 Å². The van der Waals surface area contributed by atoms with E-state index in [2.05, 4.69) is 9.82 Å². The van der Waals surface area contributed by atoms with Gasteiger partial charge in [-0.05, 0) is 31.5 Å². The summed E-state index contributed by atoms with van der Waals surface area (Å²) in [5.74, 6) is -0.593. The average Bonchev–Trinajstić information content (AvgIpc) is 2.61. The van der Waals surface area contributed by atoms with Crippen molar-refractivity contribution in [1.82, 2.24) is 9.78 Å². The Morgan fingerprint density at radius 3 is 2.50 bits per heavy atom. The van der Waals surface area contributed by atoms with Crippen LogP contribution in [0.15, 0.2) is 23.1 Å². The number of nitrogen functional groups attached to an aromatic ring is 1. The molecule has 0 amide bonds. The zero-order valence-electron chi connectivity index (χ0n) is 11.3. The molecule has 1 aromatic heterocycles. The third-order valence-corrected chi connectivity index (χ3v) is 4.22. The molecule has 0 aliphatic carbocycles. The summed E-state index contributed by atoms with van der Waals surface area (Å²) in [7, 11) is -2.47. The molecule has 8 heteroatoms. The van der Waals surface area contributed by atoms with Crippen molar-refractivity contribution < 1.29 is 12.8 Å². The molecular formula is C12H15FN4O2S. The third kappa shape index (κ3) is 2.60. The molecule has 6 nitrogen and oxygen atoms in total. The van der Waals surface area contributed by atoms with Crippen LogP contribution in [0.5, 0.6) is 0 Å². The lowest BCUT2D eigenvalue weighted by Gasteiger charge is -2.10. The number of hydrogen-bond donors (Lipinski definition) is 2. The van der Waals surface area contributed by atoms with Crippen molar-refractivity contribution >= 4 is 21.5 Å². The third-order valence-electron chi connectivity index (χ3n) is 2.85. The summed E-state index contributed by atoms with van der Waals surface area (Å²) in [6, 6.07) is 3.75. The van der Waals surface area contributed by atoms with E-state index in [0.29, 0.717) is 11.3 Å². The molecular weight excluding hydrogens is 283 g/mol. The van der Waals surface area contributed by atoms with Crippen molar-refractivity contribution in [2.75, 3.05) is 10.5 Å². The number of nitrogens with zero attached hydrogens (tertiary/aromatic N) is 2. The number of aryl methyl sites for hydroxylation is 3. The largest absolute Gasteiger partial charge is 0.398 e. The fourth-order valence-electron chi connectivity index (χ4n) is 1.77. The SMILES string of the molecule is Cc1cc(NS(=O)(=O)c2cc(N)c(C)cc2F)n(C)n1. The Hall–Kier alpha value is -2.09. The van der Waals surface area contributed by atoms with Crippen LogP contribution in [0.2, 0.25) is 0 Å². The van der Waals surface area contributed by atoms with Gasteiger partial charge in [-0.1, -0.05) is 0 Å². The Bertz CT molecular complexity index is 768. The molecule has 0 bridgehead atoms. The molecule has 0 saturated heterocycles. The summed E-state index contributed by atoms with van der Waals surface area (Å²) in [6.45, 7) is 3.33. The van der Waals surface area contributed by atoms with E-state index in [1.165, 1.54) is 4.68 Å². The maximum absolute atomic E-state index is 13.8. The summed E-state index contributed by atoms with van der Waals surface area (Å²) in [6.07, 6.45) is 0. The number of nitrogens with one attached hydrogen (secondary N) is 1. The summed E-state index contributed by atoms with van der Waals surface area (Å²) in [4.78, 5) is -0.487. The molecule has 1 heterocycles. The molecule has 0 spiro atoms. The van der Waals surface area contributed by atoms with Crippen LogP contribution in [0, 0.1) is 19.7 Å². The van der Waals surface area contributed by atoms with E-state index in [9.17, 15) is 12.8 Å². The fourth-order valence-corrected chi connectivity index (χ4v) is 2.95. The normalized spacial score (nSPS) is 11.6. The monoisotopic (exact) mass is 298 g/mol. The van der Waals surface area contributed by atoms with E-state index in [4.69, 9.17) is 5.73 Å². The number of halogens is 1. The molecule has 0 radical (unpaired) electrons. The lowest BCUT2D eigenvalue weighted by atomic mass is 10.2. The van der Waals surface area contributed by atoms with Gasteiger partial charge in [-0.2, -0.15) is 5.10 Å². The highest BCUT2D eigenvalue weighted by atomic mass is 32.2. The molecule has 0 aliphatic rings. The van der Waals surface area contributed by atoms with Crippen molar-refractivity contribution in [3.63, 3.8) is 0 Å². The smallest absolute Gasteiger partial charge is 0.266 e. The summed E-state index contributed by atoms with van der Waals surface area (Å²) >= 11 is 0. The Morgan fingerprint density at radius 2 is 1.95 bits per heavy atom. The summed E-state index contributed by atoms with van der Waals surface area (Å²) in [5.41, 5.74) is 6.98. The molecule has 2 aromatic rings. The van der Waals surface area contributed by atoms with Crippen LogP contribution >= 0.6 is 0 Å². The zero-order valence-corrected chi connectivity index (χ0v) is 12.1. The molecule has 20 heavy (non-hydrogen) atoms. The fraction of sp³-hybridized carbons (Fsp3) is 0.250. The molecule has 0 aliphatic heterocycles.